The average Bonchev–Trinajstić information content (AvgIpc) is 2.74. The van der Waals surface area contributed by atoms with Crippen molar-refractivity contribution in [2.75, 3.05) is 12.3 Å². The summed E-state index contributed by atoms with van der Waals surface area (Å²) in [7, 11) is 0. The molecule has 6 heteroatoms. The molecule has 0 aliphatic carbocycles. The number of fused-ring (bicyclic) bond motifs is 1. The lowest BCUT2D eigenvalue weighted by Crippen LogP contribution is -2.38. The molecule has 0 unspecified atom stereocenters. The van der Waals surface area contributed by atoms with E-state index in [-0.39, 0.29) is 6.17 Å². The lowest BCUT2D eigenvalue weighted by molar-refractivity contribution is 0.219. The summed E-state index contributed by atoms with van der Waals surface area (Å²) in [4.78, 5) is 10.8. The molecular weight excluding hydrogens is 210 g/mol. The van der Waals surface area contributed by atoms with E-state index in [9.17, 15) is 0 Å². The maximum absolute atomic E-state index is 4.34. The van der Waals surface area contributed by atoms with Gasteiger partial charge in [0.25, 0.3) is 0 Å². The van der Waals surface area contributed by atoms with Crippen molar-refractivity contribution in [2.45, 2.75) is 18.1 Å². The molecule has 3 heterocycles. The number of aromatic nitrogens is 2. The van der Waals surface area contributed by atoms with E-state index in [1.807, 2.05) is 18.0 Å². The summed E-state index contributed by atoms with van der Waals surface area (Å²) in [5.41, 5.74) is 7.91. The third-order valence-corrected chi connectivity index (χ3v) is 3.90. The second kappa shape index (κ2) is 4.05. The number of hydrogen-bond donors (Lipinski definition) is 2. The number of hydrazine groups is 1. The van der Waals surface area contributed by atoms with Crippen molar-refractivity contribution < 1.29 is 0 Å². The molecule has 2 saturated heterocycles. The highest BCUT2D eigenvalue weighted by atomic mass is 32.2. The van der Waals surface area contributed by atoms with Gasteiger partial charge >= 0.3 is 0 Å². The lowest BCUT2D eigenvalue weighted by Gasteiger charge is -2.30. The van der Waals surface area contributed by atoms with Gasteiger partial charge in [-0.15, -0.1) is 11.8 Å². The molecule has 2 fully saturated rings. The Morgan fingerprint density at radius 2 is 2.40 bits per heavy atom. The first-order valence-corrected chi connectivity index (χ1v) is 6.14. The van der Waals surface area contributed by atoms with Crippen molar-refractivity contribution >= 4 is 11.8 Å². The van der Waals surface area contributed by atoms with Gasteiger partial charge in [-0.2, -0.15) is 0 Å². The van der Waals surface area contributed by atoms with Gasteiger partial charge in [-0.1, -0.05) is 0 Å². The van der Waals surface area contributed by atoms with Crippen molar-refractivity contribution in [2.24, 2.45) is 0 Å². The molecule has 5 nitrogen and oxygen atoms in total. The van der Waals surface area contributed by atoms with Gasteiger partial charge in [0, 0.05) is 18.9 Å². The number of rotatable bonds is 1. The maximum atomic E-state index is 4.34. The van der Waals surface area contributed by atoms with Crippen LogP contribution in [0.15, 0.2) is 18.6 Å². The molecule has 2 atom stereocenters. The number of thioether (sulfide) groups is 1. The second-order valence-electron chi connectivity index (χ2n) is 3.64. The predicted molar refractivity (Wildman–Crippen MR) is 58.6 cm³/mol. The fraction of sp³-hybridized carbons (Fsp3) is 0.556. The molecule has 0 radical (unpaired) electrons. The average molecular weight is 223 g/mol. The Kier molecular flexibility index (Phi) is 2.57. The van der Waals surface area contributed by atoms with Crippen LogP contribution in [0.5, 0.6) is 0 Å². The van der Waals surface area contributed by atoms with Crippen LogP contribution in [-0.4, -0.2) is 32.7 Å². The summed E-state index contributed by atoms with van der Waals surface area (Å²) in [6.07, 6.45) is 6.66. The highest BCUT2D eigenvalue weighted by Gasteiger charge is 2.36. The third kappa shape index (κ3) is 1.74. The van der Waals surface area contributed by atoms with Crippen LogP contribution in [-0.2, 0) is 0 Å². The Morgan fingerprint density at radius 3 is 3.27 bits per heavy atom. The molecule has 80 valence electrons. The largest absolute Gasteiger partial charge is 0.261 e. The van der Waals surface area contributed by atoms with E-state index in [2.05, 4.69) is 25.7 Å². The van der Waals surface area contributed by atoms with Gasteiger partial charge < -0.3 is 0 Å². The van der Waals surface area contributed by atoms with Gasteiger partial charge in [0.15, 0.2) is 0 Å². The first kappa shape index (κ1) is 9.53. The first-order valence-electron chi connectivity index (χ1n) is 5.09. The van der Waals surface area contributed by atoms with Crippen LogP contribution in [0.4, 0.5) is 0 Å². The summed E-state index contributed by atoms with van der Waals surface area (Å²) in [6, 6.07) is 0. The topological polar surface area (TPSA) is 53.1 Å². The molecule has 0 amide bonds. The van der Waals surface area contributed by atoms with Crippen molar-refractivity contribution in [3.63, 3.8) is 0 Å². The molecule has 1 aromatic heterocycles. The Bertz CT molecular complexity index is 333. The van der Waals surface area contributed by atoms with Crippen molar-refractivity contribution in [3.8, 4) is 0 Å². The quantitative estimate of drug-likeness (QED) is 0.714. The fourth-order valence-corrected chi connectivity index (χ4v) is 3.06. The van der Waals surface area contributed by atoms with Gasteiger partial charge in [-0.3, -0.25) is 14.9 Å². The second-order valence-corrected chi connectivity index (χ2v) is 4.82. The normalized spacial score (nSPS) is 31.5. The number of nitrogens with one attached hydrogen (secondary N) is 2. The minimum absolute atomic E-state index is 0.163. The molecule has 0 spiro atoms. The standard InChI is InChI=1S/C9H13N5S/c1-4-14-8(7-6-10-2-3-11-7)12-13-9(14)15-5-1/h2-3,6,8-9,12-13H,1,4-5H2/t8-,9-/m1/s1. The Labute approximate surface area is 92.6 Å². The van der Waals surface area contributed by atoms with Gasteiger partial charge in [0.2, 0.25) is 0 Å². The van der Waals surface area contributed by atoms with Crippen molar-refractivity contribution in [1.29, 1.82) is 0 Å². The Balaban J connectivity index is 1.82. The number of nitrogens with zero attached hydrogens (tertiary/aromatic N) is 3. The maximum Gasteiger partial charge on any atom is 0.122 e. The SMILES string of the molecule is c1cnc([C@@H]2NN[C@H]3SCCCN32)cn1. The summed E-state index contributed by atoms with van der Waals surface area (Å²) >= 11 is 1.94. The van der Waals surface area contributed by atoms with Crippen molar-refractivity contribution in [3.05, 3.63) is 24.3 Å². The highest BCUT2D eigenvalue weighted by Crippen LogP contribution is 2.30. The van der Waals surface area contributed by atoms with Crippen LogP contribution in [0.1, 0.15) is 18.3 Å². The summed E-state index contributed by atoms with van der Waals surface area (Å²) in [6.45, 7) is 1.11. The van der Waals surface area contributed by atoms with Gasteiger partial charge in [0.05, 0.1) is 11.9 Å². The summed E-state index contributed by atoms with van der Waals surface area (Å²) < 4.78 is 0. The predicted octanol–water partition coefficient (Wildman–Crippen LogP) is 0.305. The van der Waals surface area contributed by atoms with E-state index in [0.717, 1.165) is 12.2 Å². The van der Waals surface area contributed by atoms with Gasteiger partial charge in [-0.25, -0.2) is 10.9 Å². The zero-order chi connectivity index (χ0) is 10.1. The number of hydrogen-bond acceptors (Lipinski definition) is 6. The van der Waals surface area contributed by atoms with Crippen molar-refractivity contribution in [1.82, 2.24) is 25.7 Å². The molecule has 2 aliphatic rings. The van der Waals surface area contributed by atoms with Gasteiger partial charge in [0.1, 0.15) is 11.7 Å². The molecular formula is C9H13N5S. The van der Waals surface area contributed by atoms with Crippen LogP contribution >= 0.6 is 11.8 Å². The van der Waals surface area contributed by atoms with Gasteiger partial charge in [-0.05, 0) is 12.2 Å². The Hall–Kier alpha value is -0.690. The summed E-state index contributed by atoms with van der Waals surface area (Å²) in [5, 5.41) is 0. The van der Waals surface area contributed by atoms with Crippen LogP contribution in [0.3, 0.4) is 0 Å². The zero-order valence-corrected chi connectivity index (χ0v) is 9.07. The monoisotopic (exact) mass is 223 g/mol. The molecule has 15 heavy (non-hydrogen) atoms. The third-order valence-electron chi connectivity index (χ3n) is 2.68. The molecule has 0 bridgehead atoms. The minimum atomic E-state index is 0.163. The van der Waals surface area contributed by atoms with E-state index in [0.29, 0.717) is 5.50 Å². The molecule has 2 N–H and O–H groups in total. The summed E-state index contributed by atoms with van der Waals surface area (Å²) in [5.74, 6) is 1.23. The molecule has 0 saturated carbocycles. The molecule has 0 aromatic carbocycles. The lowest BCUT2D eigenvalue weighted by atomic mass is 10.3. The zero-order valence-electron chi connectivity index (χ0n) is 8.26. The van der Waals surface area contributed by atoms with E-state index < -0.39 is 0 Å². The van der Waals surface area contributed by atoms with Crippen LogP contribution in [0.25, 0.3) is 0 Å². The van der Waals surface area contributed by atoms with Crippen LogP contribution in [0.2, 0.25) is 0 Å². The molecule has 1 aromatic rings. The molecule has 2 aliphatic heterocycles. The fourth-order valence-electron chi connectivity index (χ4n) is 1.97. The van der Waals surface area contributed by atoms with E-state index in [1.54, 1.807) is 12.4 Å². The minimum Gasteiger partial charge on any atom is -0.261 e. The smallest absolute Gasteiger partial charge is 0.122 e. The highest BCUT2D eigenvalue weighted by molar-refractivity contribution is 7.99. The van der Waals surface area contributed by atoms with E-state index in [4.69, 9.17) is 0 Å². The Morgan fingerprint density at radius 1 is 1.40 bits per heavy atom. The van der Waals surface area contributed by atoms with Crippen LogP contribution < -0.4 is 10.9 Å². The van der Waals surface area contributed by atoms with Crippen LogP contribution in [0, 0.1) is 0 Å². The molecule has 3 rings (SSSR count). The van der Waals surface area contributed by atoms with E-state index >= 15 is 0 Å². The first-order chi connectivity index (χ1) is 7.45. The van der Waals surface area contributed by atoms with E-state index in [1.165, 1.54) is 12.2 Å².